The van der Waals surface area contributed by atoms with Crippen LogP contribution < -0.4 is 0 Å². The Morgan fingerprint density at radius 2 is 1.05 bits per heavy atom. The second-order valence-corrected chi connectivity index (χ2v) is 5.41. The molecular formula is C14H12BaO5S. The zero-order valence-corrected chi connectivity index (χ0v) is 11.0. The Morgan fingerprint density at radius 1 is 0.762 bits per heavy atom. The summed E-state index contributed by atoms with van der Waals surface area (Å²) in [4.78, 5) is 22.4. The van der Waals surface area contributed by atoms with E-state index in [2.05, 4.69) is 0 Å². The normalized spacial score (nSPS) is 10.0. The van der Waals surface area contributed by atoms with Crippen LogP contribution in [0.4, 0.5) is 0 Å². The summed E-state index contributed by atoms with van der Waals surface area (Å²) in [5.41, 5.74) is 0.235. The van der Waals surface area contributed by atoms with Crippen molar-refractivity contribution >= 4 is 72.0 Å². The Morgan fingerprint density at radius 3 is 1.29 bits per heavy atom. The Kier molecular flexibility index (Phi) is 7.01. The zero-order valence-electron chi connectivity index (χ0n) is 10.1. The van der Waals surface area contributed by atoms with E-state index in [4.69, 9.17) is 10.2 Å². The number of rotatable bonds is 4. The van der Waals surface area contributed by atoms with Crippen LogP contribution in [-0.2, 0) is 11.2 Å². The Balaban J connectivity index is 0.00000220. The average molecular weight is 430 g/mol. The van der Waals surface area contributed by atoms with Gasteiger partial charge >= 0.3 is 60.8 Å². The van der Waals surface area contributed by atoms with E-state index in [0.29, 0.717) is 9.79 Å². The van der Waals surface area contributed by atoms with Crippen molar-refractivity contribution in [3.8, 4) is 0 Å². The van der Waals surface area contributed by atoms with E-state index in [0.717, 1.165) is 0 Å². The number of benzene rings is 2. The van der Waals surface area contributed by atoms with Gasteiger partial charge in [0.2, 0.25) is 0 Å². The fourth-order valence-electron chi connectivity index (χ4n) is 1.58. The van der Waals surface area contributed by atoms with Crippen molar-refractivity contribution in [1.82, 2.24) is 0 Å². The molecule has 2 aromatic rings. The first kappa shape index (κ1) is 18.3. The summed E-state index contributed by atoms with van der Waals surface area (Å²) in [7, 11) is 0. The third kappa shape index (κ3) is 4.62. The van der Waals surface area contributed by atoms with Crippen LogP contribution in [-0.4, -0.2) is 75.6 Å². The van der Waals surface area contributed by atoms with Gasteiger partial charge in [0.05, 0.1) is 11.1 Å². The predicted octanol–water partition coefficient (Wildman–Crippen LogP) is 1.33. The number of carboxylic acids is 2. The second kappa shape index (κ2) is 8.04. The standard InChI is InChI=1S/C14H10O5S.Ba.2H/c15-13(16)9-1-5-11(6-2-9)20(19)12-7-3-10(4-8-12)14(17)18;;;/h1-8H,(H,15,16)(H,17,18);;;. The molecule has 0 amide bonds. The van der Waals surface area contributed by atoms with E-state index >= 15 is 0 Å². The fraction of sp³-hybridized carbons (Fsp3) is 0. The van der Waals surface area contributed by atoms with Gasteiger partial charge in [-0.3, -0.25) is 0 Å². The second-order valence-electron chi connectivity index (χ2n) is 3.93. The minimum absolute atomic E-state index is 0. The molecule has 0 saturated carbocycles. The number of carboxylic acid groups (broad SMARTS) is 2. The van der Waals surface area contributed by atoms with Crippen LogP contribution >= 0.6 is 0 Å². The zero-order chi connectivity index (χ0) is 14.7. The molecule has 0 fully saturated rings. The average Bonchev–Trinajstić information content (AvgIpc) is 2.46. The summed E-state index contributed by atoms with van der Waals surface area (Å²) in [5.74, 6) is -2.10. The van der Waals surface area contributed by atoms with E-state index in [1.807, 2.05) is 0 Å². The van der Waals surface area contributed by atoms with Crippen LogP contribution in [0.2, 0.25) is 0 Å². The number of hydrogen-bond acceptors (Lipinski definition) is 3. The Bertz CT molecular complexity index is 582. The van der Waals surface area contributed by atoms with Gasteiger partial charge in [0.25, 0.3) is 0 Å². The van der Waals surface area contributed by atoms with Gasteiger partial charge < -0.3 is 14.8 Å². The van der Waals surface area contributed by atoms with Gasteiger partial charge in [0.1, 0.15) is 0 Å². The van der Waals surface area contributed by atoms with Crippen molar-refractivity contribution in [3.63, 3.8) is 0 Å². The molecule has 0 heterocycles. The van der Waals surface area contributed by atoms with E-state index in [-0.39, 0.29) is 60.0 Å². The van der Waals surface area contributed by atoms with Gasteiger partial charge in [-0.15, -0.1) is 0 Å². The quantitative estimate of drug-likeness (QED) is 0.564. The molecule has 0 aliphatic rings. The summed E-state index contributed by atoms with van der Waals surface area (Å²) >= 11 is -1.48. The summed E-state index contributed by atoms with van der Waals surface area (Å²) in [5, 5.41) is 17.6. The van der Waals surface area contributed by atoms with Crippen molar-refractivity contribution in [1.29, 1.82) is 0 Å². The van der Waals surface area contributed by atoms with Crippen molar-refractivity contribution < 1.29 is 24.4 Å². The Labute approximate surface area is 164 Å². The maximum atomic E-state index is 12.2. The third-order valence-electron chi connectivity index (χ3n) is 2.63. The monoisotopic (exact) mass is 430 g/mol. The van der Waals surface area contributed by atoms with E-state index in [9.17, 15) is 14.1 Å². The summed E-state index contributed by atoms with van der Waals surface area (Å²) < 4.78 is 12.2. The molecule has 2 N–H and O–H groups in total. The van der Waals surface area contributed by atoms with E-state index in [1.165, 1.54) is 48.5 Å². The maximum absolute atomic E-state index is 12.2. The van der Waals surface area contributed by atoms with Gasteiger partial charge in [-0.1, -0.05) is 0 Å². The van der Waals surface area contributed by atoms with Crippen molar-refractivity contribution in [2.75, 3.05) is 0 Å². The SMILES string of the molecule is O=C(O)c1ccc([S+]([O-])c2ccc(C(=O)O)cc2)cc1.[BaH2]. The first-order valence-electron chi connectivity index (χ1n) is 5.57. The van der Waals surface area contributed by atoms with E-state index in [1.54, 1.807) is 0 Å². The van der Waals surface area contributed by atoms with Crippen molar-refractivity contribution in [3.05, 3.63) is 59.7 Å². The molecule has 0 spiro atoms. The molecule has 0 atom stereocenters. The molecule has 0 unspecified atom stereocenters. The molecule has 2 aromatic carbocycles. The van der Waals surface area contributed by atoms with Crippen LogP contribution in [0.15, 0.2) is 58.3 Å². The van der Waals surface area contributed by atoms with Crippen LogP contribution in [0.1, 0.15) is 20.7 Å². The summed E-state index contributed by atoms with van der Waals surface area (Å²) in [6.45, 7) is 0. The van der Waals surface area contributed by atoms with Gasteiger partial charge in [0, 0.05) is 11.2 Å². The number of hydrogen-bond donors (Lipinski definition) is 2. The van der Waals surface area contributed by atoms with Crippen LogP contribution in [0, 0.1) is 0 Å². The van der Waals surface area contributed by atoms with Gasteiger partial charge in [0.15, 0.2) is 9.79 Å². The molecule has 0 aromatic heterocycles. The molecule has 0 saturated heterocycles. The van der Waals surface area contributed by atoms with Crippen LogP contribution in [0.5, 0.6) is 0 Å². The predicted molar refractivity (Wildman–Crippen MR) is 80.0 cm³/mol. The van der Waals surface area contributed by atoms with E-state index < -0.39 is 23.1 Å². The number of carbonyl (C=O) groups is 2. The molecule has 0 aliphatic heterocycles. The van der Waals surface area contributed by atoms with Crippen molar-refractivity contribution in [2.24, 2.45) is 0 Å². The molecule has 5 nitrogen and oxygen atoms in total. The Hall–Kier alpha value is -0.739. The fourth-order valence-corrected chi connectivity index (χ4v) is 2.62. The molecule has 0 radical (unpaired) electrons. The van der Waals surface area contributed by atoms with Gasteiger partial charge in [-0.25, -0.2) is 9.59 Å². The molecule has 7 heteroatoms. The molecule has 0 bridgehead atoms. The topological polar surface area (TPSA) is 97.7 Å². The van der Waals surface area contributed by atoms with Crippen LogP contribution in [0.3, 0.4) is 0 Å². The molecular weight excluding hydrogens is 418 g/mol. The van der Waals surface area contributed by atoms with Gasteiger partial charge in [-0.05, 0) is 48.5 Å². The minimum atomic E-state index is -1.48. The third-order valence-corrected chi connectivity index (χ3v) is 4.03. The molecule has 2 rings (SSSR count). The molecule has 0 aliphatic carbocycles. The summed E-state index contributed by atoms with van der Waals surface area (Å²) in [6, 6.07) is 11.4. The van der Waals surface area contributed by atoms with Crippen LogP contribution in [0.25, 0.3) is 0 Å². The number of aromatic carboxylic acids is 2. The van der Waals surface area contributed by atoms with Crippen molar-refractivity contribution in [2.45, 2.75) is 9.79 Å². The first-order chi connectivity index (χ1) is 9.49. The summed E-state index contributed by atoms with van der Waals surface area (Å²) in [6.07, 6.45) is 0. The molecule has 21 heavy (non-hydrogen) atoms. The van der Waals surface area contributed by atoms with Gasteiger partial charge in [-0.2, -0.15) is 0 Å². The first-order valence-corrected chi connectivity index (χ1v) is 6.72. The molecule has 106 valence electrons.